The average Bonchev–Trinajstić information content (AvgIpc) is 2.99. The third-order valence-corrected chi connectivity index (χ3v) is 4.33. The van der Waals surface area contributed by atoms with Crippen LogP contribution in [0.15, 0.2) is 29.0 Å². The molecule has 0 radical (unpaired) electrons. The van der Waals surface area contributed by atoms with E-state index in [0.29, 0.717) is 24.2 Å². The van der Waals surface area contributed by atoms with Crippen LogP contribution in [0.5, 0.6) is 0 Å². The van der Waals surface area contributed by atoms with E-state index in [1.165, 1.54) is 4.88 Å². The summed E-state index contributed by atoms with van der Waals surface area (Å²) in [6, 6.07) is 5.98. The van der Waals surface area contributed by atoms with Crippen LogP contribution in [0.25, 0.3) is 10.2 Å². The lowest BCUT2D eigenvalue weighted by atomic mass is 10.4. The molecule has 0 atom stereocenters. The topological polar surface area (TPSA) is 35.0 Å². The summed E-state index contributed by atoms with van der Waals surface area (Å²) in [6.07, 6.45) is 0. The SMILES string of the molecule is Clc1nc(COCc2cccs2)nc2sccc12. The molecular weight excluding hydrogens is 288 g/mol. The monoisotopic (exact) mass is 296 g/mol. The van der Waals surface area contributed by atoms with Crippen LogP contribution < -0.4 is 0 Å². The van der Waals surface area contributed by atoms with Crippen molar-refractivity contribution in [1.29, 1.82) is 0 Å². The van der Waals surface area contributed by atoms with Crippen molar-refractivity contribution in [2.24, 2.45) is 0 Å². The fourth-order valence-electron chi connectivity index (χ4n) is 1.56. The maximum atomic E-state index is 6.08. The van der Waals surface area contributed by atoms with Gasteiger partial charge in [0.1, 0.15) is 16.6 Å². The summed E-state index contributed by atoms with van der Waals surface area (Å²) in [4.78, 5) is 10.7. The summed E-state index contributed by atoms with van der Waals surface area (Å²) in [5.41, 5.74) is 0. The molecule has 0 aliphatic carbocycles. The van der Waals surface area contributed by atoms with Crippen molar-refractivity contribution in [1.82, 2.24) is 9.97 Å². The van der Waals surface area contributed by atoms with E-state index in [2.05, 4.69) is 9.97 Å². The average molecular weight is 297 g/mol. The predicted molar refractivity (Wildman–Crippen MR) is 75.2 cm³/mol. The first kappa shape index (κ1) is 12.0. The Labute approximate surface area is 117 Å². The van der Waals surface area contributed by atoms with Crippen molar-refractivity contribution in [2.75, 3.05) is 0 Å². The van der Waals surface area contributed by atoms with Crippen molar-refractivity contribution < 1.29 is 4.74 Å². The van der Waals surface area contributed by atoms with Gasteiger partial charge in [0.15, 0.2) is 5.82 Å². The van der Waals surface area contributed by atoms with Gasteiger partial charge >= 0.3 is 0 Å². The largest absolute Gasteiger partial charge is 0.368 e. The molecule has 0 amide bonds. The van der Waals surface area contributed by atoms with E-state index in [0.717, 1.165) is 10.2 Å². The number of thiophene rings is 2. The Hall–Kier alpha value is -1.01. The molecule has 92 valence electrons. The molecule has 0 spiro atoms. The summed E-state index contributed by atoms with van der Waals surface area (Å²) < 4.78 is 5.58. The number of hydrogen-bond acceptors (Lipinski definition) is 5. The zero-order valence-corrected chi connectivity index (χ0v) is 11.7. The van der Waals surface area contributed by atoms with Crippen LogP contribution in [0.4, 0.5) is 0 Å². The molecule has 0 bridgehead atoms. The molecule has 0 aliphatic rings. The Bertz CT molecular complexity index is 651. The third-order valence-electron chi connectivity index (χ3n) is 2.38. The Balaban J connectivity index is 1.70. The molecule has 3 aromatic rings. The molecule has 0 aromatic carbocycles. The van der Waals surface area contributed by atoms with E-state index in [4.69, 9.17) is 16.3 Å². The fourth-order valence-corrected chi connectivity index (χ4v) is 3.29. The molecule has 0 fully saturated rings. The maximum absolute atomic E-state index is 6.08. The van der Waals surface area contributed by atoms with Crippen LogP contribution in [-0.2, 0) is 18.0 Å². The standard InChI is InChI=1S/C12H9ClN2OS2/c13-11-9-3-5-18-12(9)15-10(14-11)7-16-6-8-2-1-4-17-8/h1-5H,6-7H2. The molecule has 0 N–H and O–H groups in total. The lowest BCUT2D eigenvalue weighted by Gasteiger charge is -2.02. The molecule has 3 rings (SSSR count). The first-order chi connectivity index (χ1) is 8.83. The number of halogens is 1. The first-order valence-electron chi connectivity index (χ1n) is 5.32. The minimum absolute atomic E-state index is 0.380. The smallest absolute Gasteiger partial charge is 0.157 e. The van der Waals surface area contributed by atoms with Crippen molar-refractivity contribution >= 4 is 44.5 Å². The van der Waals surface area contributed by atoms with Gasteiger partial charge in [0.05, 0.1) is 6.61 Å². The highest BCUT2D eigenvalue weighted by Crippen LogP contribution is 2.24. The molecule has 3 nitrogen and oxygen atoms in total. The molecule has 0 aliphatic heterocycles. The highest BCUT2D eigenvalue weighted by molar-refractivity contribution is 7.16. The van der Waals surface area contributed by atoms with E-state index in [1.54, 1.807) is 22.7 Å². The first-order valence-corrected chi connectivity index (χ1v) is 7.46. The van der Waals surface area contributed by atoms with Gasteiger partial charge in [-0.2, -0.15) is 0 Å². The van der Waals surface area contributed by atoms with Gasteiger partial charge in [0, 0.05) is 10.3 Å². The van der Waals surface area contributed by atoms with Crippen LogP contribution in [0.1, 0.15) is 10.7 Å². The summed E-state index contributed by atoms with van der Waals surface area (Å²) in [6.45, 7) is 0.965. The fraction of sp³-hybridized carbons (Fsp3) is 0.167. The summed E-state index contributed by atoms with van der Waals surface area (Å²) in [5.74, 6) is 0.631. The number of nitrogens with zero attached hydrogens (tertiary/aromatic N) is 2. The van der Waals surface area contributed by atoms with E-state index in [-0.39, 0.29) is 0 Å². The van der Waals surface area contributed by atoms with Gasteiger partial charge in [-0.3, -0.25) is 0 Å². The molecule has 3 aromatic heterocycles. The van der Waals surface area contributed by atoms with Crippen molar-refractivity contribution in [3.63, 3.8) is 0 Å². The van der Waals surface area contributed by atoms with Gasteiger partial charge in [-0.05, 0) is 22.9 Å². The van der Waals surface area contributed by atoms with Gasteiger partial charge in [-0.1, -0.05) is 17.7 Å². The van der Waals surface area contributed by atoms with Crippen LogP contribution >= 0.6 is 34.3 Å². The lowest BCUT2D eigenvalue weighted by Crippen LogP contribution is -1.99. The molecule has 6 heteroatoms. The molecule has 3 heterocycles. The van der Waals surface area contributed by atoms with Gasteiger partial charge in [0.25, 0.3) is 0 Å². The van der Waals surface area contributed by atoms with Crippen LogP contribution in [-0.4, -0.2) is 9.97 Å². The van der Waals surface area contributed by atoms with Crippen molar-refractivity contribution in [3.05, 3.63) is 44.8 Å². The maximum Gasteiger partial charge on any atom is 0.157 e. The summed E-state index contributed by atoms with van der Waals surface area (Å²) in [7, 11) is 0. The molecular formula is C12H9ClN2OS2. The second-order valence-corrected chi connectivity index (χ2v) is 5.93. The van der Waals surface area contributed by atoms with Gasteiger partial charge in [-0.25, -0.2) is 9.97 Å². The number of rotatable bonds is 4. The summed E-state index contributed by atoms with van der Waals surface area (Å²) >= 11 is 9.32. The Morgan fingerprint density at radius 2 is 2.06 bits per heavy atom. The lowest BCUT2D eigenvalue weighted by molar-refractivity contribution is 0.104. The number of aromatic nitrogens is 2. The van der Waals surface area contributed by atoms with E-state index >= 15 is 0 Å². The number of fused-ring (bicyclic) bond motifs is 1. The highest BCUT2D eigenvalue weighted by Gasteiger charge is 2.07. The van der Waals surface area contributed by atoms with E-state index < -0.39 is 0 Å². The highest BCUT2D eigenvalue weighted by atomic mass is 35.5. The molecule has 0 saturated carbocycles. The van der Waals surface area contributed by atoms with Gasteiger partial charge in [-0.15, -0.1) is 22.7 Å². The predicted octanol–water partition coefficient (Wildman–Crippen LogP) is 4.12. The van der Waals surface area contributed by atoms with Crippen molar-refractivity contribution in [3.8, 4) is 0 Å². The minimum atomic E-state index is 0.380. The number of ether oxygens (including phenoxy) is 1. The molecule has 0 unspecified atom stereocenters. The third kappa shape index (κ3) is 2.54. The van der Waals surface area contributed by atoms with Crippen LogP contribution in [0, 0.1) is 0 Å². The Morgan fingerprint density at radius 3 is 2.89 bits per heavy atom. The molecule has 18 heavy (non-hydrogen) atoms. The Morgan fingerprint density at radius 1 is 1.11 bits per heavy atom. The second-order valence-electron chi connectivity index (χ2n) is 3.64. The molecule has 0 saturated heterocycles. The zero-order valence-electron chi connectivity index (χ0n) is 9.30. The normalized spacial score (nSPS) is 11.2. The Kier molecular flexibility index (Phi) is 3.56. The van der Waals surface area contributed by atoms with Gasteiger partial charge < -0.3 is 4.74 Å². The minimum Gasteiger partial charge on any atom is -0.368 e. The second kappa shape index (κ2) is 5.32. The van der Waals surface area contributed by atoms with Crippen LogP contribution in [0.3, 0.4) is 0 Å². The van der Waals surface area contributed by atoms with Crippen LogP contribution in [0.2, 0.25) is 5.15 Å². The summed E-state index contributed by atoms with van der Waals surface area (Å²) in [5, 5.41) is 5.39. The number of hydrogen-bond donors (Lipinski definition) is 0. The quantitative estimate of drug-likeness (QED) is 0.679. The van der Waals surface area contributed by atoms with Gasteiger partial charge in [0.2, 0.25) is 0 Å². The zero-order chi connectivity index (χ0) is 12.4. The van der Waals surface area contributed by atoms with E-state index in [1.807, 2.05) is 29.0 Å². The van der Waals surface area contributed by atoms with E-state index in [9.17, 15) is 0 Å². The van der Waals surface area contributed by atoms with Crippen molar-refractivity contribution in [2.45, 2.75) is 13.2 Å².